The highest BCUT2D eigenvalue weighted by molar-refractivity contribution is 5.53. The Morgan fingerprint density at radius 1 is 1.60 bits per heavy atom. The van der Waals surface area contributed by atoms with E-state index >= 15 is 0 Å². The zero-order valence-electron chi connectivity index (χ0n) is 6.08. The first-order valence-corrected chi connectivity index (χ1v) is 3.23. The average molecular weight is 147 g/mol. The second-order valence-electron chi connectivity index (χ2n) is 1.62. The van der Waals surface area contributed by atoms with E-state index in [2.05, 4.69) is 0 Å². The van der Waals surface area contributed by atoms with Gasteiger partial charge >= 0.3 is 0 Å². The first-order chi connectivity index (χ1) is 4.85. The van der Waals surface area contributed by atoms with Gasteiger partial charge in [0.1, 0.15) is 0 Å². The summed E-state index contributed by atoms with van der Waals surface area (Å²) in [5.74, 6) is 0. The molecule has 0 saturated carbocycles. The fraction of sp³-hybridized carbons (Fsp3) is 0.833. The van der Waals surface area contributed by atoms with Gasteiger partial charge in [0.15, 0.2) is 6.29 Å². The van der Waals surface area contributed by atoms with Gasteiger partial charge in [0.05, 0.1) is 6.61 Å². The lowest BCUT2D eigenvalue weighted by atomic mass is 10.6. The van der Waals surface area contributed by atoms with Crippen LogP contribution in [-0.2, 0) is 14.3 Å². The molecule has 0 aromatic heterocycles. The van der Waals surface area contributed by atoms with Crippen molar-refractivity contribution in [2.24, 2.45) is 5.73 Å². The lowest BCUT2D eigenvalue weighted by Crippen LogP contribution is -2.22. The molecule has 0 fully saturated rings. The maximum Gasteiger partial charge on any atom is 0.214 e. The van der Waals surface area contributed by atoms with Gasteiger partial charge in [0, 0.05) is 13.2 Å². The third-order valence-electron chi connectivity index (χ3n) is 0.842. The largest absolute Gasteiger partial charge is 0.347 e. The fourth-order valence-corrected chi connectivity index (χ4v) is 0.475. The summed E-state index contributed by atoms with van der Waals surface area (Å²) in [6.45, 7) is 3.01. The van der Waals surface area contributed by atoms with Crippen LogP contribution < -0.4 is 5.73 Å². The quantitative estimate of drug-likeness (QED) is 0.407. The molecule has 0 rings (SSSR count). The molecule has 1 unspecified atom stereocenters. The van der Waals surface area contributed by atoms with Gasteiger partial charge in [-0.1, -0.05) is 0 Å². The number of carbonyl (C=O) groups excluding carboxylic acids is 1. The number of hydrogen-bond donors (Lipinski definition) is 1. The molecule has 4 heteroatoms. The molecular formula is C6H13NO3. The summed E-state index contributed by atoms with van der Waals surface area (Å²) >= 11 is 0. The molecular weight excluding hydrogens is 134 g/mol. The predicted octanol–water partition coefficient (Wildman–Crippen LogP) is -0.477. The molecule has 10 heavy (non-hydrogen) atoms. The van der Waals surface area contributed by atoms with Crippen molar-refractivity contribution in [3.05, 3.63) is 0 Å². The summed E-state index contributed by atoms with van der Waals surface area (Å²) in [7, 11) is 0. The maximum absolute atomic E-state index is 10.1. The monoisotopic (exact) mass is 147 g/mol. The van der Waals surface area contributed by atoms with Crippen molar-refractivity contribution < 1.29 is 14.3 Å². The standard InChI is InChI=1S/C6H13NO3/c1-2-9-6(5-8)10-4-3-7/h5-6H,2-4,7H2,1H3. The van der Waals surface area contributed by atoms with Crippen LogP contribution in [0.3, 0.4) is 0 Å². The molecule has 0 spiro atoms. The summed E-state index contributed by atoms with van der Waals surface area (Å²) in [6.07, 6.45) is -0.132. The molecule has 0 aromatic rings. The minimum atomic E-state index is -0.742. The Hall–Kier alpha value is -0.450. The first kappa shape index (κ1) is 9.55. The summed E-state index contributed by atoms with van der Waals surface area (Å²) in [6, 6.07) is 0. The topological polar surface area (TPSA) is 61.5 Å². The molecule has 60 valence electrons. The van der Waals surface area contributed by atoms with Crippen molar-refractivity contribution in [1.82, 2.24) is 0 Å². The van der Waals surface area contributed by atoms with Crippen molar-refractivity contribution >= 4 is 6.29 Å². The zero-order valence-corrected chi connectivity index (χ0v) is 6.08. The number of nitrogens with two attached hydrogens (primary N) is 1. The molecule has 0 aliphatic carbocycles. The molecule has 0 saturated heterocycles. The summed E-state index contributed by atoms with van der Waals surface area (Å²) < 4.78 is 9.71. The SMILES string of the molecule is CCOC(C=O)OCCN. The van der Waals surface area contributed by atoms with Gasteiger partial charge in [0.2, 0.25) is 6.29 Å². The van der Waals surface area contributed by atoms with E-state index in [9.17, 15) is 4.79 Å². The van der Waals surface area contributed by atoms with Crippen LogP contribution in [0.25, 0.3) is 0 Å². The van der Waals surface area contributed by atoms with Crippen LogP contribution in [0.5, 0.6) is 0 Å². The van der Waals surface area contributed by atoms with Crippen LogP contribution in [0.4, 0.5) is 0 Å². The molecule has 0 heterocycles. The van der Waals surface area contributed by atoms with E-state index in [1.165, 1.54) is 0 Å². The minimum Gasteiger partial charge on any atom is -0.347 e. The van der Waals surface area contributed by atoms with E-state index in [0.29, 0.717) is 26.0 Å². The van der Waals surface area contributed by atoms with E-state index in [1.54, 1.807) is 6.92 Å². The van der Waals surface area contributed by atoms with Gasteiger partial charge < -0.3 is 15.2 Å². The normalized spacial score (nSPS) is 13.0. The van der Waals surface area contributed by atoms with Crippen molar-refractivity contribution in [2.75, 3.05) is 19.8 Å². The predicted molar refractivity (Wildman–Crippen MR) is 36.5 cm³/mol. The molecule has 4 nitrogen and oxygen atoms in total. The van der Waals surface area contributed by atoms with Crippen molar-refractivity contribution in [3.8, 4) is 0 Å². The van der Waals surface area contributed by atoms with Crippen molar-refractivity contribution in [1.29, 1.82) is 0 Å². The van der Waals surface area contributed by atoms with E-state index in [1.807, 2.05) is 0 Å². The van der Waals surface area contributed by atoms with Crippen molar-refractivity contribution in [2.45, 2.75) is 13.2 Å². The Kier molecular flexibility index (Phi) is 6.37. The minimum absolute atomic E-state index is 0.351. The van der Waals surface area contributed by atoms with Gasteiger partial charge in [-0.05, 0) is 6.92 Å². The van der Waals surface area contributed by atoms with E-state index in [0.717, 1.165) is 0 Å². The average Bonchev–Trinajstić information content (AvgIpc) is 1.98. The van der Waals surface area contributed by atoms with Crippen LogP contribution in [0.1, 0.15) is 6.92 Å². The number of hydrogen-bond acceptors (Lipinski definition) is 4. The first-order valence-electron chi connectivity index (χ1n) is 3.23. The lowest BCUT2D eigenvalue weighted by Gasteiger charge is -2.09. The smallest absolute Gasteiger partial charge is 0.214 e. The van der Waals surface area contributed by atoms with Gasteiger partial charge in [-0.3, -0.25) is 4.79 Å². The van der Waals surface area contributed by atoms with Crippen LogP contribution in [0, 0.1) is 0 Å². The molecule has 1 atom stereocenters. The molecule has 0 aliphatic rings. The third-order valence-corrected chi connectivity index (χ3v) is 0.842. The van der Waals surface area contributed by atoms with Crippen molar-refractivity contribution in [3.63, 3.8) is 0 Å². The highest BCUT2D eigenvalue weighted by Gasteiger charge is 2.03. The Labute approximate surface area is 60.3 Å². The van der Waals surface area contributed by atoms with E-state index in [-0.39, 0.29) is 0 Å². The Bertz CT molecular complexity index is 87.1. The van der Waals surface area contributed by atoms with Crippen LogP contribution in [-0.4, -0.2) is 32.3 Å². The molecule has 0 amide bonds. The Morgan fingerprint density at radius 3 is 2.70 bits per heavy atom. The Balaban J connectivity index is 3.29. The summed E-state index contributed by atoms with van der Waals surface area (Å²) in [4.78, 5) is 10.1. The summed E-state index contributed by atoms with van der Waals surface area (Å²) in [5.41, 5.74) is 5.13. The number of aldehydes is 1. The lowest BCUT2D eigenvalue weighted by molar-refractivity contribution is -0.155. The van der Waals surface area contributed by atoms with Crippen LogP contribution in [0.2, 0.25) is 0 Å². The number of ether oxygens (including phenoxy) is 2. The van der Waals surface area contributed by atoms with Crippen LogP contribution in [0.15, 0.2) is 0 Å². The second-order valence-corrected chi connectivity index (χ2v) is 1.62. The number of carbonyl (C=O) groups is 1. The highest BCUT2D eigenvalue weighted by atomic mass is 16.7. The Morgan fingerprint density at radius 2 is 2.30 bits per heavy atom. The zero-order chi connectivity index (χ0) is 7.82. The van der Waals surface area contributed by atoms with Gasteiger partial charge in [-0.2, -0.15) is 0 Å². The highest BCUT2D eigenvalue weighted by Crippen LogP contribution is 1.88. The van der Waals surface area contributed by atoms with E-state index < -0.39 is 6.29 Å². The number of rotatable bonds is 6. The second kappa shape index (κ2) is 6.67. The third kappa shape index (κ3) is 4.43. The molecule has 2 N–H and O–H groups in total. The fourth-order valence-electron chi connectivity index (χ4n) is 0.475. The maximum atomic E-state index is 10.1. The molecule has 0 aromatic carbocycles. The van der Waals surface area contributed by atoms with Crippen LogP contribution >= 0.6 is 0 Å². The molecule has 0 bridgehead atoms. The van der Waals surface area contributed by atoms with Gasteiger partial charge in [-0.25, -0.2) is 0 Å². The summed E-state index contributed by atoms with van der Waals surface area (Å²) in [5, 5.41) is 0. The molecule has 0 radical (unpaired) electrons. The molecule has 0 aliphatic heterocycles. The van der Waals surface area contributed by atoms with Gasteiger partial charge in [-0.15, -0.1) is 0 Å². The van der Waals surface area contributed by atoms with Gasteiger partial charge in [0.25, 0.3) is 0 Å². The van der Waals surface area contributed by atoms with E-state index in [4.69, 9.17) is 15.2 Å².